The van der Waals surface area contributed by atoms with Crippen molar-refractivity contribution in [3.8, 4) is 0 Å². The lowest BCUT2D eigenvalue weighted by Crippen LogP contribution is -2.22. The first-order valence-electron chi connectivity index (χ1n) is 6.86. The minimum absolute atomic E-state index is 0.198. The molecule has 23 heavy (non-hydrogen) atoms. The number of carbonyl (C=O) groups excluding carboxylic acids is 2. The predicted molar refractivity (Wildman–Crippen MR) is 88.9 cm³/mol. The van der Waals surface area contributed by atoms with Crippen LogP contribution in [0.15, 0.2) is 40.9 Å². The highest BCUT2D eigenvalue weighted by atomic mass is 79.9. The molecule has 0 radical (unpaired) electrons. The van der Waals surface area contributed by atoms with Gasteiger partial charge in [0.05, 0.1) is 5.56 Å². The molecule has 0 heterocycles. The number of anilines is 1. The number of nitrogens with one attached hydrogen (secondary N) is 1. The van der Waals surface area contributed by atoms with Crippen LogP contribution in [-0.4, -0.2) is 18.5 Å². The third-order valence-corrected chi connectivity index (χ3v) is 3.65. The van der Waals surface area contributed by atoms with Crippen LogP contribution in [0.5, 0.6) is 0 Å². The van der Waals surface area contributed by atoms with Crippen LogP contribution in [0.2, 0.25) is 0 Å². The van der Waals surface area contributed by atoms with Gasteiger partial charge in [0.15, 0.2) is 6.61 Å². The maximum Gasteiger partial charge on any atom is 0.341 e. The van der Waals surface area contributed by atoms with Gasteiger partial charge in [0.25, 0.3) is 5.91 Å². The maximum atomic E-state index is 13.4. The van der Waals surface area contributed by atoms with E-state index in [0.717, 1.165) is 21.7 Å². The summed E-state index contributed by atoms with van der Waals surface area (Å²) in [5.74, 6) is -2.04. The van der Waals surface area contributed by atoms with Crippen molar-refractivity contribution in [2.24, 2.45) is 0 Å². The van der Waals surface area contributed by atoms with Crippen LogP contribution >= 0.6 is 15.9 Å². The molecule has 0 aliphatic rings. The lowest BCUT2D eigenvalue weighted by molar-refractivity contribution is -0.119. The Morgan fingerprint density at radius 2 is 1.78 bits per heavy atom. The number of hydrogen-bond donors (Lipinski definition) is 1. The van der Waals surface area contributed by atoms with Crippen molar-refractivity contribution in [3.05, 3.63) is 63.4 Å². The molecule has 0 aliphatic heterocycles. The normalized spacial score (nSPS) is 10.3. The van der Waals surface area contributed by atoms with E-state index in [2.05, 4.69) is 21.2 Å². The third-order valence-electron chi connectivity index (χ3n) is 3.19. The number of halogens is 2. The lowest BCUT2D eigenvalue weighted by Gasteiger charge is -2.12. The summed E-state index contributed by atoms with van der Waals surface area (Å²) in [7, 11) is 0. The number of rotatable bonds is 4. The van der Waals surface area contributed by atoms with E-state index in [9.17, 15) is 14.0 Å². The van der Waals surface area contributed by atoms with Crippen LogP contribution in [0.3, 0.4) is 0 Å². The Kier molecular flexibility index (Phi) is 5.50. The first kappa shape index (κ1) is 17.1. The predicted octanol–water partition coefficient (Wildman–Crippen LogP) is 4.00. The molecule has 0 saturated heterocycles. The van der Waals surface area contributed by atoms with E-state index in [4.69, 9.17) is 4.74 Å². The summed E-state index contributed by atoms with van der Waals surface area (Å²) < 4.78 is 19.2. The molecule has 0 spiro atoms. The first-order chi connectivity index (χ1) is 10.9. The summed E-state index contributed by atoms with van der Waals surface area (Å²) in [6.07, 6.45) is 0. The van der Waals surface area contributed by atoms with E-state index in [1.165, 1.54) is 18.2 Å². The molecular weight excluding hydrogens is 365 g/mol. The van der Waals surface area contributed by atoms with Gasteiger partial charge < -0.3 is 10.1 Å². The van der Waals surface area contributed by atoms with Gasteiger partial charge >= 0.3 is 5.97 Å². The van der Waals surface area contributed by atoms with Gasteiger partial charge in [0, 0.05) is 10.2 Å². The molecule has 0 unspecified atom stereocenters. The molecule has 2 aromatic rings. The second kappa shape index (κ2) is 7.37. The lowest BCUT2D eigenvalue weighted by atomic mass is 10.1. The molecule has 2 rings (SSSR count). The number of aryl methyl sites for hydroxylation is 2. The van der Waals surface area contributed by atoms with Gasteiger partial charge in [-0.15, -0.1) is 0 Å². The summed E-state index contributed by atoms with van der Waals surface area (Å²) in [4.78, 5) is 23.7. The smallest absolute Gasteiger partial charge is 0.341 e. The Balaban J connectivity index is 1.99. The van der Waals surface area contributed by atoms with Gasteiger partial charge in [-0.1, -0.05) is 28.1 Å². The first-order valence-corrected chi connectivity index (χ1v) is 7.66. The number of benzene rings is 2. The van der Waals surface area contributed by atoms with Crippen molar-refractivity contribution in [2.45, 2.75) is 13.8 Å². The fourth-order valence-corrected chi connectivity index (χ4v) is 2.81. The molecule has 1 N–H and O–H groups in total. The zero-order valence-electron chi connectivity index (χ0n) is 12.7. The average Bonchev–Trinajstić information content (AvgIpc) is 2.49. The van der Waals surface area contributed by atoms with E-state index < -0.39 is 24.3 Å². The molecule has 6 heteroatoms. The molecule has 0 atom stereocenters. The van der Waals surface area contributed by atoms with Crippen LogP contribution in [0.25, 0.3) is 0 Å². The summed E-state index contributed by atoms with van der Waals surface area (Å²) >= 11 is 3.38. The second-order valence-electron chi connectivity index (χ2n) is 5.02. The van der Waals surface area contributed by atoms with Crippen LogP contribution in [0, 0.1) is 19.7 Å². The standard InChI is InChI=1S/C17H15BrFNO3/c1-10-7-12(18)8-11(2)16(10)20-15(21)9-23-17(22)13-5-3-4-6-14(13)19/h3-8H,9H2,1-2H3,(H,20,21). The van der Waals surface area contributed by atoms with Gasteiger partial charge in [-0.25, -0.2) is 9.18 Å². The molecule has 0 aliphatic carbocycles. The highest BCUT2D eigenvalue weighted by molar-refractivity contribution is 9.10. The molecule has 0 aromatic heterocycles. The number of carbonyl (C=O) groups is 2. The van der Waals surface area contributed by atoms with Crippen LogP contribution in [0.4, 0.5) is 10.1 Å². The van der Waals surface area contributed by atoms with Gasteiger partial charge in [-0.05, 0) is 49.2 Å². The van der Waals surface area contributed by atoms with Crippen molar-refractivity contribution in [3.63, 3.8) is 0 Å². The van der Waals surface area contributed by atoms with Gasteiger partial charge in [0.2, 0.25) is 0 Å². The maximum absolute atomic E-state index is 13.4. The SMILES string of the molecule is Cc1cc(Br)cc(C)c1NC(=O)COC(=O)c1ccccc1F. The van der Waals surface area contributed by atoms with Crippen molar-refractivity contribution < 1.29 is 18.7 Å². The molecular formula is C17H15BrFNO3. The Hall–Kier alpha value is -2.21. The number of amides is 1. The van der Waals surface area contributed by atoms with E-state index in [1.807, 2.05) is 26.0 Å². The third kappa shape index (κ3) is 4.39. The van der Waals surface area contributed by atoms with E-state index in [0.29, 0.717) is 5.69 Å². The zero-order chi connectivity index (χ0) is 17.0. The Morgan fingerprint density at radius 1 is 1.17 bits per heavy atom. The molecule has 0 fully saturated rings. The van der Waals surface area contributed by atoms with Gasteiger partial charge in [-0.2, -0.15) is 0 Å². The molecule has 4 nitrogen and oxygen atoms in total. The van der Waals surface area contributed by atoms with Crippen LogP contribution in [0.1, 0.15) is 21.5 Å². The highest BCUT2D eigenvalue weighted by Crippen LogP contribution is 2.25. The van der Waals surface area contributed by atoms with Crippen molar-refractivity contribution in [1.29, 1.82) is 0 Å². The molecule has 120 valence electrons. The average molecular weight is 380 g/mol. The van der Waals surface area contributed by atoms with Gasteiger partial charge in [0.1, 0.15) is 5.82 Å². The summed E-state index contributed by atoms with van der Waals surface area (Å²) in [5, 5.41) is 2.70. The largest absolute Gasteiger partial charge is 0.452 e. The fourth-order valence-electron chi connectivity index (χ4n) is 2.12. The van der Waals surface area contributed by atoms with E-state index in [-0.39, 0.29) is 5.56 Å². The number of ether oxygens (including phenoxy) is 1. The van der Waals surface area contributed by atoms with E-state index in [1.54, 1.807) is 0 Å². The van der Waals surface area contributed by atoms with Crippen molar-refractivity contribution in [2.75, 3.05) is 11.9 Å². The quantitative estimate of drug-likeness (QED) is 0.816. The summed E-state index contributed by atoms with van der Waals surface area (Å²) in [6.45, 7) is 3.24. The minimum atomic E-state index is -0.873. The molecule has 1 amide bonds. The Labute approximate surface area is 141 Å². The molecule has 0 bridgehead atoms. The molecule has 2 aromatic carbocycles. The summed E-state index contributed by atoms with van der Waals surface area (Å²) in [5.41, 5.74) is 2.23. The summed E-state index contributed by atoms with van der Waals surface area (Å²) in [6, 6.07) is 9.19. The van der Waals surface area contributed by atoms with Crippen LogP contribution < -0.4 is 5.32 Å². The highest BCUT2D eigenvalue weighted by Gasteiger charge is 2.15. The number of hydrogen-bond acceptors (Lipinski definition) is 3. The Bertz CT molecular complexity index is 738. The monoisotopic (exact) mass is 379 g/mol. The van der Waals surface area contributed by atoms with E-state index >= 15 is 0 Å². The number of esters is 1. The zero-order valence-corrected chi connectivity index (χ0v) is 14.2. The van der Waals surface area contributed by atoms with Crippen LogP contribution in [-0.2, 0) is 9.53 Å². The molecule has 0 saturated carbocycles. The minimum Gasteiger partial charge on any atom is -0.452 e. The topological polar surface area (TPSA) is 55.4 Å². The van der Waals surface area contributed by atoms with Crippen molar-refractivity contribution >= 4 is 33.5 Å². The van der Waals surface area contributed by atoms with Crippen molar-refractivity contribution in [1.82, 2.24) is 0 Å². The Morgan fingerprint density at radius 3 is 2.39 bits per heavy atom. The van der Waals surface area contributed by atoms with Gasteiger partial charge in [-0.3, -0.25) is 4.79 Å². The fraction of sp³-hybridized carbons (Fsp3) is 0.176. The second-order valence-corrected chi connectivity index (χ2v) is 5.93.